The molecule has 0 aromatic heterocycles. The molecule has 0 saturated carbocycles. The molecule has 4 nitrogen and oxygen atoms in total. The Morgan fingerprint density at radius 2 is 1.73 bits per heavy atom. The Morgan fingerprint density at radius 3 is 2.38 bits per heavy atom. The summed E-state index contributed by atoms with van der Waals surface area (Å²) in [5, 5.41) is 3.40. The highest BCUT2D eigenvalue weighted by Gasteiger charge is 2.21. The largest absolute Gasteiger partial charge is 0.497 e. The van der Waals surface area contributed by atoms with E-state index >= 15 is 0 Å². The normalized spacial score (nSPS) is 14.8. The highest BCUT2D eigenvalue weighted by molar-refractivity contribution is 5.78. The monoisotopic (exact) mass is 352 g/mol. The summed E-state index contributed by atoms with van der Waals surface area (Å²) in [4.78, 5) is 15.0. The highest BCUT2D eigenvalue weighted by atomic mass is 16.5. The van der Waals surface area contributed by atoms with Crippen LogP contribution < -0.4 is 10.1 Å². The second-order valence-electron chi connectivity index (χ2n) is 6.98. The number of nitrogens with one attached hydrogen (secondary N) is 1. The van der Waals surface area contributed by atoms with Gasteiger partial charge in [-0.05, 0) is 55.1 Å². The summed E-state index contributed by atoms with van der Waals surface area (Å²) in [5.41, 5.74) is 2.21. The van der Waals surface area contributed by atoms with Crippen LogP contribution in [0.3, 0.4) is 0 Å². The lowest BCUT2D eigenvalue weighted by molar-refractivity contribution is -0.131. The number of rotatable bonds is 7. The first kappa shape index (κ1) is 18.5. The maximum atomic E-state index is 13.0. The third-order valence-electron chi connectivity index (χ3n) is 5.02. The van der Waals surface area contributed by atoms with Crippen LogP contribution in [0.5, 0.6) is 5.75 Å². The fraction of sp³-hybridized carbons (Fsp3) is 0.409. The van der Waals surface area contributed by atoms with Crippen molar-refractivity contribution in [3.63, 3.8) is 0 Å². The Balaban J connectivity index is 1.70. The number of methoxy groups -OCH3 is 1. The first-order valence-corrected chi connectivity index (χ1v) is 9.40. The van der Waals surface area contributed by atoms with Crippen molar-refractivity contribution in [2.75, 3.05) is 26.7 Å². The molecule has 1 saturated heterocycles. The van der Waals surface area contributed by atoms with Crippen molar-refractivity contribution in [3.05, 3.63) is 65.7 Å². The zero-order chi connectivity index (χ0) is 18.2. The van der Waals surface area contributed by atoms with Gasteiger partial charge in [0.25, 0.3) is 0 Å². The molecule has 2 aromatic rings. The average molecular weight is 352 g/mol. The van der Waals surface area contributed by atoms with Crippen LogP contribution in [0.15, 0.2) is 54.6 Å². The van der Waals surface area contributed by atoms with Crippen molar-refractivity contribution in [2.45, 2.75) is 25.8 Å². The van der Waals surface area contributed by atoms with Gasteiger partial charge < -0.3 is 15.0 Å². The van der Waals surface area contributed by atoms with Crippen molar-refractivity contribution in [2.24, 2.45) is 5.92 Å². The Bertz CT molecular complexity index is 679. The maximum Gasteiger partial charge on any atom is 0.227 e. The van der Waals surface area contributed by atoms with Gasteiger partial charge in [0.15, 0.2) is 0 Å². The third kappa shape index (κ3) is 5.33. The van der Waals surface area contributed by atoms with Crippen LogP contribution in [0.1, 0.15) is 24.0 Å². The molecule has 1 aliphatic heterocycles. The van der Waals surface area contributed by atoms with Crippen molar-refractivity contribution < 1.29 is 9.53 Å². The molecule has 0 aliphatic carbocycles. The Morgan fingerprint density at radius 1 is 1.04 bits per heavy atom. The van der Waals surface area contributed by atoms with E-state index in [9.17, 15) is 4.79 Å². The van der Waals surface area contributed by atoms with E-state index in [1.807, 2.05) is 59.5 Å². The molecule has 0 atom stereocenters. The quantitative estimate of drug-likeness (QED) is 0.832. The van der Waals surface area contributed by atoms with E-state index in [2.05, 4.69) is 5.32 Å². The summed E-state index contributed by atoms with van der Waals surface area (Å²) in [6.07, 6.45) is 2.73. The number of amides is 1. The van der Waals surface area contributed by atoms with E-state index < -0.39 is 0 Å². The van der Waals surface area contributed by atoms with Gasteiger partial charge in [-0.3, -0.25) is 4.79 Å². The average Bonchev–Trinajstić information content (AvgIpc) is 2.69. The lowest BCUT2D eigenvalue weighted by Crippen LogP contribution is -2.39. The smallest absolute Gasteiger partial charge is 0.227 e. The lowest BCUT2D eigenvalue weighted by Gasteiger charge is -2.30. The Kier molecular flexibility index (Phi) is 6.67. The van der Waals surface area contributed by atoms with E-state index in [1.54, 1.807) is 7.11 Å². The van der Waals surface area contributed by atoms with Crippen molar-refractivity contribution in [3.8, 4) is 5.75 Å². The third-order valence-corrected chi connectivity index (χ3v) is 5.02. The number of benzene rings is 2. The fourth-order valence-electron chi connectivity index (χ4n) is 3.46. The fourth-order valence-corrected chi connectivity index (χ4v) is 3.46. The summed E-state index contributed by atoms with van der Waals surface area (Å²) in [6, 6.07) is 18.0. The molecule has 26 heavy (non-hydrogen) atoms. The molecule has 1 fully saturated rings. The topological polar surface area (TPSA) is 41.6 Å². The molecular weight excluding hydrogens is 324 g/mol. The predicted molar refractivity (Wildman–Crippen MR) is 104 cm³/mol. The lowest BCUT2D eigenvalue weighted by atomic mass is 9.97. The van der Waals surface area contributed by atoms with E-state index in [4.69, 9.17) is 4.74 Å². The molecule has 1 aliphatic rings. The second kappa shape index (κ2) is 9.39. The van der Waals surface area contributed by atoms with Gasteiger partial charge in [-0.2, -0.15) is 0 Å². The molecule has 4 heteroatoms. The Hall–Kier alpha value is -2.33. The van der Waals surface area contributed by atoms with Gasteiger partial charge in [-0.25, -0.2) is 0 Å². The van der Waals surface area contributed by atoms with Crippen LogP contribution in [-0.2, 0) is 17.8 Å². The van der Waals surface area contributed by atoms with E-state index in [1.165, 1.54) is 0 Å². The van der Waals surface area contributed by atoms with Gasteiger partial charge in [-0.1, -0.05) is 42.5 Å². The van der Waals surface area contributed by atoms with Gasteiger partial charge in [0.2, 0.25) is 5.91 Å². The summed E-state index contributed by atoms with van der Waals surface area (Å²) in [5.74, 6) is 1.62. The number of ether oxygens (including phenoxy) is 1. The van der Waals surface area contributed by atoms with Crippen LogP contribution in [0, 0.1) is 5.92 Å². The number of hydrogen-bond donors (Lipinski definition) is 1. The minimum Gasteiger partial charge on any atom is -0.497 e. The van der Waals surface area contributed by atoms with Gasteiger partial charge in [0.05, 0.1) is 13.5 Å². The summed E-state index contributed by atoms with van der Waals surface area (Å²) in [6.45, 7) is 3.58. The van der Waals surface area contributed by atoms with Crippen LogP contribution in [0.25, 0.3) is 0 Å². The van der Waals surface area contributed by atoms with Crippen LogP contribution in [-0.4, -0.2) is 37.6 Å². The van der Waals surface area contributed by atoms with Crippen LogP contribution in [0.2, 0.25) is 0 Å². The van der Waals surface area contributed by atoms with E-state index in [0.717, 1.165) is 49.4 Å². The number of nitrogens with zero attached hydrogens (tertiary/aromatic N) is 1. The zero-order valence-corrected chi connectivity index (χ0v) is 15.5. The van der Waals surface area contributed by atoms with E-state index in [-0.39, 0.29) is 5.91 Å². The maximum absolute atomic E-state index is 13.0. The van der Waals surface area contributed by atoms with Gasteiger partial charge in [0, 0.05) is 13.1 Å². The van der Waals surface area contributed by atoms with Gasteiger partial charge in [0.1, 0.15) is 5.75 Å². The first-order valence-electron chi connectivity index (χ1n) is 9.40. The number of carbonyl (C=O) groups is 1. The van der Waals surface area contributed by atoms with Crippen LogP contribution in [0.4, 0.5) is 0 Å². The number of piperidine rings is 1. The summed E-state index contributed by atoms with van der Waals surface area (Å²) in [7, 11) is 1.67. The minimum atomic E-state index is 0.200. The molecule has 0 bridgehead atoms. The molecule has 1 N–H and O–H groups in total. The van der Waals surface area contributed by atoms with Gasteiger partial charge in [-0.15, -0.1) is 0 Å². The van der Waals surface area contributed by atoms with Crippen molar-refractivity contribution >= 4 is 5.91 Å². The minimum absolute atomic E-state index is 0.200. The van der Waals surface area contributed by atoms with Crippen molar-refractivity contribution in [1.29, 1.82) is 0 Å². The zero-order valence-electron chi connectivity index (χ0n) is 15.5. The second-order valence-corrected chi connectivity index (χ2v) is 6.98. The summed E-state index contributed by atoms with van der Waals surface area (Å²) >= 11 is 0. The first-order chi connectivity index (χ1) is 12.7. The standard InChI is InChI=1S/C22H28N2O2/c1-26-21-9-7-19(8-10-21)16-24(17-20-11-13-23-14-12-20)22(25)15-18-5-3-2-4-6-18/h2-10,20,23H,11-17H2,1H3. The molecule has 0 radical (unpaired) electrons. The molecule has 3 rings (SSSR count). The molecule has 0 spiro atoms. The molecule has 0 unspecified atom stereocenters. The number of carbonyl (C=O) groups excluding carboxylic acids is 1. The SMILES string of the molecule is COc1ccc(CN(CC2CCNCC2)C(=O)Cc2ccccc2)cc1. The highest BCUT2D eigenvalue weighted by Crippen LogP contribution is 2.18. The summed E-state index contributed by atoms with van der Waals surface area (Å²) < 4.78 is 5.23. The molecule has 2 aromatic carbocycles. The molecule has 138 valence electrons. The molecule has 1 heterocycles. The van der Waals surface area contributed by atoms with E-state index in [0.29, 0.717) is 18.9 Å². The predicted octanol–water partition coefficient (Wildman–Crippen LogP) is 3.27. The number of hydrogen-bond acceptors (Lipinski definition) is 3. The van der Waals surface area contributed by atoms with Crippen molar-refractivity contribution in [1.82, 2.24) is 10.2 Å². The van der Waals surface area contributed by atoms with Crippen LogP contribution >= 0.6 is 0 Å². The van der Waals surface area contributed by atoms with Gasteiger partial charge >= 0.3 is 0 Å². The molecular formula is C22H28N2O2. The Labute approximate surface area is 156 Å². The molecule has 1 amide bonds.